The fourth-order valence-electron chi connectivity index (χ4n) is 2.57. The van der Waals surface area contributed by atoms with Crippen molar-refractivity contribution in [2.24, 2.45) is 0 Å². The first-order valence-corrected chi connectivity index (χ1v) is 7.40. The van der Waals surface area contributed by atoms with Crippen LogP contribution in [-0.4, -0.2) is 23.7 Å². The summed E-state index contributed by atoms with van der Waals surface area (Å²) in [4.78, 5) is 4.52. The lowest BCUT2D eigenvalue weighted by Gasteiger charge is -2.35. The van der Waals surface area contributed by atoms with Gasteiger partial charge in [0.2, 0.25) is 0 Å². The first-order valence-electron chi connectivity index (χ1n) is 6.58. The Kier molecular flexibility index (Phi) is 3.11. The van der Waals surface area contributed by atoms with Crippen molar-refractivity contribution < 1.29 is 4.74 Å². The Bertz CT molecular complexity index is 602. The largest absolute Gasteiger partial charge is 0.397 e. The number of ether oxygens (including phenoxy) is 1. The molecule has 2 aromatic rings. The number of anilines is 2. The maximum absolute atomic E-state index is 6.15. The van der Waals surface area contributed by atoms with Crippen LogP contribution in [0.4, 0.5) is 11.4 Å². The van der Waals surface area contributed by atoms with E-state index < -0.39 is 0 Å². The van der Waals surface area contributed by atoms with E-state index in [1.165, 1.54) is 0 Å². The molecule has 0 radical (unpaired) electrons. The third kappa shape index (κ3) is 2.53. The molecule has 1 fully saturated rings. The molecule has 102 valence electrons. The number of hydrogen-bond donors (Lipinski definition) is 2. The Balaban J connectivity index is 1.93. The van der Waals surface area contributed by atoms with Gasteiger partial charge in [0.25, 0.3) is 0 Å². The van der Waals surface area contributed by atoms with E-state index in [0.717, 1.165) is 52.7 Å². The summed E-state index contributed by atoms with van der Waals surface area (Å²) < 4.78 is 6.72. The Labute approximate surface area is 117 Å². The molecule has 3 N–H and O–H groups in total. The number of aromatic nitrogens is 1. The zero-order chi connectivity index (χ0) is 13.5. The predicted octanol–water partition coefficient (Wildman–Crippen LogP) is 3.17. The monoisotopic (exact) mass is 277 g/mol. The highest BCUT2D eigenvalue weighted by Crippen LogP contribution is 2.33. The van der Waals surface area contributed by atoms with E-state index in [-0.39, 0.29) is 5.54 Å². The SMILES string of the molecule is Cc1nc2cc(NC3(C)CCCOC3)c(N)cc2s1. The topological polar surface area (TPSA) is 60.2 Å². The van der Waals surface area contributed by atoms with Gasteiger partial charge in [-0.05, 0) is 38.8 Å². The molecule has 1 unspecified atom stereocenters. The van der Waals surface area contributed by atoms with Crippen molar-refractivity contribution in [1.82, 2.24) is 4.98 Å². The third-order valence-electron chi connectivity index (χ3n) is 3.54. The lowest BCUT2D eigenvalue weighted by Crippen LogP contribution is -2.43. The number of nitrogen functional groups attached to an aromatic ring is 1. The number of fused-ring (bicyclic) bond motifs is 1. The van der Waals surface area contributed by atoms with E-state index >= 15 is 0 Å². The fourth-order valence-corrected chi connectivity index (χ4v) is 3.43. The third-order valence-corrected chi connectivity index (χ3v) is 4.47. The van der Waals surface area contributed by atoms with Crippen LogP contribution in [0.3, 0.4) is 0 Å². The summed E-state index contributed by atoms with van der Waals surface area (Å²) in [5.74, 6) is 0. The molecule has 1 aliphatic heterocycles. The lowest BCUT2D eigenvalue weighted by molar-refractivity contribution is 0.0541. The van der Waals surface area contributed by atoms with Crippen LogP contribution in [0.2, 0.25) is 0 Å². The van der Waals surface area contributed by atoms with E-state index in [0.29, 0.717) is 0 Å². The van der Waals surface area contributed by atoms with Crippen molar-refractivity contribution in [1.29, 1.82) is 0 Å². The van der Waals surface area contributed by atoms with Gasteiger partial charge in [-0.25, -0.2) is 4.98 Å². The summed E-state index contributed by atoms with van der Waals surface area (Å²) >= 11 is 1.68. The van der Waals surface area contributed by atoms with E-state index in [1.54, 1.807) is 11.3 Å². The minimum Gasteiger partial charge on any atom is -0.397 e. The number of benzene rings is 1. The van der Waals surface area contributed by atoms with Crippen molar-refractivity contribution in [3.05, 3.63) is 17.1 Å². The first kappa shape index (κ1) is 12.7. The number of hydrogen-bond acceptors (Lipinski definition) is 5. The standard InChI is InChI=1S/C14H19N3OS/c1-9-16-12-7-11(10(15)6-13(12)19-9)17-14(2)4-3-5-18-8-14/h6-7,17H,3-5,8,15H2,1-2H3. The van der Waals surface area contributed by atoms with Gasteiger partial charge >= 0.3 is 0 Å². The molecule has 1 aromatic carbocycles. The molecule has 0 saturated carbocycles. The summed E-state index contributed by atoms with van der Waals surface area (Å²) in [6, 6.07) is 4.06. The maximum Gasteiger partial charge on any atom is 0.0907 e. The van der Waals surface area contributed by atoms with Gasteiger partial charge in [0.15, 0.2) is 0 Å². The quantitative estimate of drug-likeness (QED) is 0.828. The van der Waals surface area contributed by atoms with Crippen molar-refractivity contribution in [2.45, 2.75) is 32.2 Å². The summed E-state index contributed by atoms with van der Waals surface area (Å²) in [6.07, 6.45) is 2.18. The van der Waals surface area contributed by atoms with Crippen molar-refractivity contribution in [3.63, 3.8) is 0 Å². The van der Waals surface area contributed by atoms with Crippen molar-refractivity contribution in [2.75, 3.05) is 24.3 Å². The minimum absolute atomic E-state index is 0.0366. The number of nitrogens with one attached hydrogen (secondary N) is 1. The van der Waals surface area contributed by atoms with E-state index in [1.807, 2.05) is 19.1 Å². The van der Waals surface area contributed by atoms with Crippen LogP contribution in [0.25, 0.3) is 10.2 Å². The zero-order valence-corrected chi connectivity index (χ0v) is 12.1. The normalized spacial score (nSPS) is 23.7. The second-order valence-corrected chi connectivity index (χ2v) is 6.72. The molecule has 5 heteroatoms. The van der Waals surface area contributed by atoms with Crippen LogP contribution >= 0.6 is 11.3 Å². The number of aryl methyl sites for hydroxylation is 1. The van der Waals surface area contributed by atoms with Gasteiger partial charge in [0.1, 0.15) is 0 Å². The molecule has 1 aliphatic rings. The van der Waals surface area contributed by atoms with Gasteiger partial charge in [0.05, 0.1) is 38.7 Å². The Morgan fingerprint density at radius 1 is 1.47 bits per heavy atom. The average Bonchev–Trinajstić information content (AvgIpc) is 2.69. The summed E-state index contributed by atoms with van der Waals surface area (Å²) in [6.45, 7) is 5.78. The lowest BCUT2D eigenvalue weighted by atomic mass is 9.94. The van der Waals surface area contributed by atoms with Crippen LogP contribution in [0.15, 0.2) is 12.1 Å². The van der Waals surface area contributed by atoms with Crippen LogP contribution in [0.5, 0.6) is 0 Å². The van der Waals surface area contributed by atoms with E-state index in [9.17, 15) is 0 Å². The summed E-state index contributed by atoms with van der Waals surface area (Å²) in [7, 11) is 0. The number of nitrogens with zero attached hydrogens (tertiary/aromatic N) is 1. The molecule has 4 nitrogen and oxygen atoms in total. The number of nitrogens with two attached hydrogens (primary N) is 1. The molecular weight excluding hydrogens is 258 g/mol. The molecule has 0 aliphatic carbocycles. The fraction of sp³-hybridized carbons (Fsp3) is 0.500. The van der Waals surface area contributed by atoms with Gasteiger partial charge in [-0.2, -0.15) is 0 Å². The molecule has 1 aromatic heterocycles. The second kappa shape index (κ2) is 4.65. The molecule has 0 amide bonds. The highest BCUT2D eigenvalue weighted by molar-refractivity contribution is 7.18. The summed E-state index contributed by atoms with van der Waals surface area (Å²) in [5.41, 5.74) is 8.87. The molecule has 0 spiro atoms. The van der Waals surface area contributed by atoms with Crippen LogP contribution in [0.1, 0.15) is 24.8 Å². The van der Waals surface area contributed by atoms with Crippen LogP contribution < -0.4 is 11.1 Å². The number of rotatable bonds is 2. The Morgan fingerprint density at radius 2 is 2.32 bits per heavy atom. The molecule has 0 bridgehead atoms. The van der Waals surface area contributed by atoms with E-state index in [4.69, 9.17) is 10.5 Å². The zero-order valence-electron chi connectivity index (χ0n) is 11.3. The van der Waals surface area contributed by atoms with Gasteiger partial charge < -0.3 is 15.8 Å². The molecule has 2 heterocycles. The van der Waals surface area contributed by atoms with Crippen molar-refractivity contribution in [3.8, 4) is 0 Å². The summed E-state index contributed by atoms with van der Waals surface area (Å²) in [5, 5.41) is 4.61. The second-order valence-electron chi connectivity index (χ2n) is 5.48. The molecule has 3 rings (SSSR count). The maximum atomic E-state index is 6.15. The Hall–Kier alpha value is -1.33. The van der Waals surface area contributed by atoms with Crippen LogP contribution in [0, 0.1) is 6.92 Å². The van der Waals surface area contributed by atoms with E-state index in [2.05, 4.69) is 17.2 Å². The smallest absolute Gasteiger partial charge is 0.0907 e. The highest BCUT2D eigenvalue weighted by Gasteiger charge is 2.28. The molecule has 1 saturated heterocycles. The average molecular weight is 277 g/mol. The Morgan fingerprint density at radius 3 is 3.05 bits per heavy atom. The van der Waals surface area contributed by atoms with Crippen molar-refractivity contribution >= 4 is 32.9 Å². The molecule has 19 heavy (non-hydrogen) atoms. The van der Waals surface area contributed by atoms with Gasteiger partial charge in [-0.1, -0.05) is 0 Å². The van der Waals surface area contributed by atoms with Gasteiger partial charge in [-0.15, -0.1) is 11.3 Å². The van der Waals surface area contributed by atoms with Gasteiger partial charge in [0, 0.05) is 6.61 Å². The minimum atomic E-state index is -0.0366. The highest BCUT2D eigenvalue weighted by atomic mass is 32.1. The number of thiazole rings is 1. The van der Waals surface area contributed by atoms with Crippen LogP contribution in [-0.2, 0) is 4.74 Å². The molecule has 1 atom stereocenters. The predicted molar refractivity (Wildman–Crippen MR) is 80.9 cm³/mol. The molecular formula is C14H19N3OS. The first-order chi connectivity index (χ1) is 9.06. The van der Waals surface area contributed by atoms with Gasteiger partial charge in [-0.3, -0.25) is 0 Å².